The number of nitrogens with one attached hydrogen (secondary N) is 1. The Morgan fingerprint density at radius 3 is 2.55 bits per heavy atom. The summed E-state index contributed by atoms with van der Waals surface area (Å²) >= 11 is 0. The molecular weight excluding hydrogens is 368 g/mol. The molecule has 1 unspecified atom stereocenters. The van der Waals surface area contributed by atoms with Crippen molar-refractivity contribution >= 4 is 16.9 Å². The minimum Gasteiger partial charge on any atom is -0.491 e. The summed E-state index contributed by atoms with van der Waals surface area (Å²) in [7, 11) is 0. The SMILES string of the molecule is CC(C)(C)OC(=O)NC1CCN(CC(O)COc2ccc3ccccc3c2)CC1. The number of alkyl carbamates (subject to hydrolysis) is 1. The summed E-state index contributed by atoms with van der Waals surface area (Å²) in [6.07, 6.45) is 0.770. The maximum absolute atomic E-state index is 11.9. The van der Waals surface area contributed by atoms with Crippen molar-refractivity contribution in [1.82, 2.24) is 10.2 Å². The number of fused-ring (bicyclic) bond motifs is 1. The van der Waals surface area contributed by atoms with Gasteiger partial charge in [-0.05, 0) is 56.5 Å². The third kappa shape index (κ3) is 6.91. The number of β-amino-alcohol motifs (C(OH)–C–C–N with tert-alkyl or cyclic N) is 1. The lowest BCUT2D eigenvalue weighted by Gasteiger charge is -2.33. The first-order chi connectivity index (χ1) is 13.8. The van der Waals surface area contributed by atoms with E-state index in [-0.39, 0.29) is 18.7 Å². The van der Waals surface area contributed by atoms with Gasteiger partial charge in [0.15, 0.2) is 0 Å². The van der Waals surface area contributed by atoms with Gasteiger partial charge in [0.25, 0.3) is 0 Å². The number of hydrogen-bond donors (Lipinski definition) is 2. The first kappa shape index (κ1) is 21.4. The van der Waals surface area contributed by atoms with Crippen LogP contribution in [0.1, 0.15) is 33.6 Å². The molecule has 0 aliphatic carbocycles. The van der Waals surface area contributed by atoms with Crippen LogP contribution in [0.4, 0.5) is 4.79 Å². The summed E-state index contributed by atoms with van der Waals surface area (Å²) in [5.41, 5.74) is -0.486. The molecule has 1 fully saturated rings. The second kappa shape index (κ2) is 9.46. The zero-order chi connectivity index (χ0) is 20.9. The van der Waals surface area contributed by atoms with Crippen molar-refractivity contribution in [2.45, 2.75) is 51.4 Å². The van der Waals surface area contributed by atoms with Gasteiger partial charge in [-0.2, -0.15) is 0 Å². The fourth-order valence-corrected chi connectivity index (χ4v) is 3.53. The van der Waals surface area contributed by atoms with Gasteiger partial charge >= 0.3 is 6.09 Å². The van der Waals surface area contributed by atoms with E-state index in [2.05, 4.69) is 16.3 Å². The Hall–Kier alpha value is -2.31. The van der Waals surface area contributed by atoms with Gasteiger partial charge in [-0.15, -0.1) is 0 Å². The number of benzene rings is 2. The number of likely N-dealkylation sites (tertiary alicyclic amines) is 1. The van der Waals surface area contributed by atoms with Crippen LogP contribution in [0.15, 0.2) is 42.5 Å². The maximum atomic E-state index is 11.9. The van der Waals surface area contributed by atoms with Gasteiger partial charge in [0.1, 0.15) is 24.1 Å². The van der Waals surface area contributed by atoms with Crippen LogP contribution in [-0.4, -0.2) is 60.1 Å². The molecule has 1 saturated heterocycles. The monoisotopic (exact) mass is 400 g/mol. The summed E-state index contributed by atoms with van der Waals surface area (Å²) < 4.78 is 11.1. The molecule has 1 aliphatic rings. The topological polar surface area (TPSA) is 71.0 Å². The van der Waals surface area contributed by atoms with Crippen molar-refractivity contribution in [2.75, 3.05) is 26.2 Å². The van der Waals surface area contributed by atoms with Crippen LogP contribution in [0.5, 0.6) is 5.75 Å². The highest BCUT2D eigenvalue weighted by atomic mass is 16.6. The number of hydrogen-bond acceptors (Lipinski definition) is 5. The molecule has 2 N–H and O–H groups in total. The Balaban J connectivity index is 1.38. The molecule has 0 spiro atoms. The molecule has 1 aliphatic heterocycles. The van der Waals surface area contributed by atoms with Gasteiger partial charge in [0.05, 0.1) is 0 Å². The number of piperidine rings is 1. The van der Waals surface area contributed by atoms with Crippen LogP contribution in [0.2, 0.25) is 0 Å². The highest BCUT2D eigenvalue weighted by molar-refractivity contribution is 5.83. The second-order valence-corrected chi connectivity index (χ2v) is 8.69. The van der Waals surface area contributed by atoms with E-state index in [4.69, 9.17) is 9.47 Å². The van der Waals surface area contributed by atoms with Gasteiger partial charge in [-0.3, -0.25) is 0 Å². The summed E-state index contributed by atoms with van der Waals surface area (Å²) in [6.45, 7) is 8.05. The predicted molar refractivity (Wildman–Crippen MR) is 114 cm³/mol. The van der Waals surface area contributed by atoms with Crippen molar-refractivity contribution in [2.24, 2.45) is 0 Å². The zero-order valence-electron chi connectivity index (χ0n) is 17.6. The smallest absolute Gasteiger partial charge is 0.407 e. The van der Waals surface area contributed by atoms with Crippen LogP contribution in [0.25, 0.3) is 10.8 Å². The number of aliphatic hydroxyl groups is 1. The summed E-state index contributed by atoms with van der Waals surface area (Å²) in [5.74, 6) is 0.767. The normalized spacial score (nSPS) is 17.1. The first-order valence-corrected chi connectivity index (χ1v) is 10.3. The van der Waals surface area contributed by atoms with Crippen LogP contribution in [0, 0.1) is 0 Å². The Morgan fingerprint density at radius 1 is 1.17 bits per heavy atom. The maximum Gasteiger partial charge on any atom is 0.407 e. The molecule has 0 aromatic heterocycles. The number of amides is 1. The molecule has 6 nitrogen and oxygen atoms in total. The van der Waals surface area contributed by atoms with E-state index < -0.39 is 11.7 Å². The number of nitrogens with zero attached hydrogens (tertiary/aromatic N) is 1. The number of carbonyl (C=O) groups excluding carboxylic acids is 1. The first-order valence-electron chi connectivity index (χ1n) is 10.3. The van der Waals surface area contributed by atoms with Gasteiger partial charge < -0.3 is 24.8 Å². The highest BCUT2D eigenvalue weighted by Crippen LogP contribution is 2.21. The lowest BCUT2D eigenvalue weighted by Crippen LogP contribution is -2.48. The Morgan fingerprint density at radius 2 is 1.86 bits per heavy atom. The zero-order valence-corrected chi connectivity index (χ0v) is 17.6. The average molecular weight is 401 g/mol. The van der Waals surface area contributed by atoms with Crippen molar-refractivity contribution in [3.8, 4) is 5.75 Å². The standard InChI is InChI=1S/C23H32N2O4/c1-23(2,3)29-22(27)24-19-10-12-25(13-11-19)15-20(26)16-28-21-9-8-17-6-4-5-7-18(17)14-21/h4-9,14,19-20,26H,10-13,15-16H2,1-3H3,(H,24,27). The van der Waals surface area contributed by atoms with E-state index >= 15 is 0 Å². The Bertz CT molecular complexity index is 810. The highest BCUT2D eigenvalue weighted by Gasteiger charge is 2.24. The quantitative estimate of drug-likeness (QED) is 0.776. The molecule has 1 atom stereocenters. The molecule has 158 valence electrons. The molecule has 0 bridgehead atoms. The van der Waals surface area contributed by atoms with Crippen LogP contribution in [0.3, 0.4) is 0 Å². The van der Waals surface area contributed by atoms with Crippen LogP contribution < -0.4 is 10.1 Å². The Labute approximate surface area is 172 Å². The molecular formula is C23H32N2O4. The third-order valence-corrected chi connectivity index (χ3v) is 4.94. The van der Waals surface area contributed by atoms with Crippen molar-refractivity contribution < 1.29 is 19.4 Å². The van der Waals surface area contributed by atoms with Crippen molar-refractivity contribution in [1.29, 1.82) is 0 Å². The van der Waals surface area contributed by atoms with Crippen molar-refractivity contribution in [3.63, 3.8) is 0 Å². The number of ether oxygens (including phenoxy) is 2. The second-order valence-electron chi connectivity index (χ2n) is 8.69. The van der Waals surface area contributed by atoms with Gasteiger partial charge in [0.2, 0.25) is 0 Å². The molecule has 2 aromatic carbocycles. The Kier molecular flexibility index (Phi) is 6.98. The van der Waals surface area contributed by atoms with E-state index in [1.165, 1.54) is 5.39 Å². The number of carbonyl (C=O) groups is 1. The lowest BCUT2D eigenvalue weighted by atomic mass is 10.0. The van der Waals surface area contributed by atoms with E-state index in [1.807, 2.05) is 57.2 Å². The van der Waals surface area contributed by atoms with E-state index in [0.29, 0.717) is 6.54 Å². The van der Waals surface area contributed by atoms with E-state index in [9.17, 15) is 9.90 Å². The lowest BCUT2D eigenvalue weighted by molar-refractivity contribution is 0.0421. The van der Waals surface area contributed by atoms with E-state index in [1.54, 1.807) is 0 Å². The molecule has 0 saturated carbocycles. The van der Waals surface area contributed by atoms with E-state index in [0.717, 1.165) is 37.1 Å². The largest absolute Gasteiger partial charge is 0.491 e. The number of rotatable bonds is 6. The molecule has 1 amide bonds. The van der Waals surface area contributed by atoms with Crippen molar-refractivity contribution in [3.05, 3.63) is 42.5 Å². The molecule has 2 aromatic rings. The summed E-state index contributed by atoms with van der Waals surface area (Å²) in [6, 6.07) is 14.2. The molecule has 29 heavy (non-hydrogen) atoms. The minimum absolute atomic E-state index is 0.118. The summed E-state index contributed by atoms with van der Waals surface area (Å²) in [4.78, 5) is 14.1. The fourth-order valence-electron chi connectivity index (χ4n) is 3.53. The number of aliphatic hydroxyl groups excluding tert-OH is 1. The van der Waals surface area contributed by atoms with Crippen LogP contribution in [-0.2, 0) is 4.74 Å². The molecule has 3 rings (SSSR count). The van der Waals surface area contributed by atoms with Crippen LogP contribution >= 0.6 is 0 Å². The molecule has 1 heterocycles. The third-order valence-electron chi connectivity index (χ3n) is 4.94. The fraction of sp³-hybridized carbons (Fsp3) is 0.522. The summed E-state index contributed by atoms with van der Waals surface area (Å²) in [5, 5.41) is 15.6. The average Bonchev–Trinajstić information content (AvgIpc) is 2.66. The molecule has 6 heteroatoms. The van der Waals surface area contributed by atoms with Gasteiger partial charge in [-0.25, -0.2) is 4.79 Å². The van der Waals surface area contributed by atoms with Gasteiger partial charge in [-0.1, -0.05) is 30.3 Å². The minimum atomic E-state index is -0.558. The molecule has 0 radical (unpaired) electrons. The van der Waals surface area contributed by atoms with Gasteiger partial charge in [0, 0.05) is 25.7 Å². The predicted octanol–water partition coefficient (Wildman–Crippen LogP) is 3.57.